The lowest BCUT2D eigenvalue weighted by molar-refractivity contribution is 0.551. The number of hydrogen-bond donors (Lipinski definition) is 3. The van der Waals surface area contributed by atoms with Crippen molar-refractivity contribution in [2.24, 2.45) is 27.2 Å². The van der Waals surface area contributed by atoms with Crippen molar-refractivity contribution in [3.63, 3.8) is 0 Å². The lowest BCUT2D eigenvalue weighted by atomic mass is 10.1. The quantitative estimate of drug-likeness (QED) is 0.291. The van der Waals surface area contributed by atoms with Crippen molar-refractivity contribution in [3.8, 4) is 0 Å². The first-order chi connectivity index (χ1) is 9.66. The lowest BCUT2D eigenvalue weighted by Crippen LogP contribution is -2.26. The minimum absolute atomic E-state index is 0.0369. The van der Waals surface area contributed by atoms with Crippen LogP contribution in [-0.2, 0) is 0 Å². The first kappa shape index (κ1) is 18.7. The maximum atomic E-state index is 5.51. The number of rotatable bonds is 12. The second-order valence-electron chi connectivity index (χ2n) is 5.31. The molecule has 0 aliphatic heterocycles. The molecule has 0 saturated carbocycles. The van der Waals surface area contributed by atoms with Crippen LogP contribution in [-0.4, -0.2) is 18.5 Å². The molecule has 0 unspecified atom stereocenters. The van der Waals surface area contributed by atoms with Crippen molar-refractivity contribution in [2.75, 3.05) is 6.54 Å². The third kappa shape index (κ3) is 14.8. The highest BCUT2D eigenvalue weighted by Crippen LogP contribution is 2.11. The highest BCUT2D eigenvalue weighted by Gasteiger charge is 1.93. The van der Waals surface area contributed by atoms with E-state index in [9.17, 15) is 0 Å². The lowest BCUT2D eigenvalue weighted by Gasteiger charge is -2.01. The van der Waals surface area contributed by atoms with Gasteiger partial charge in [-0.2, -0.15) is 4.99 Å². The molecular formula is C15H33N5. The van der Waals surface area contributed by atoms with Crippen molar-refractivity contribution in [1.29, 1.82) is 0 Å². The van der Waals surface area contributed by atoms with Gasteiger partial charge in [-0.15, -0.1) is 0 Å². The summed E-state index contributed by atoms with van der Waals surface area (Å²) < 4.78 is 0. The highest BCUT2D eigenvalue weighted by molar-refractivity contribution is 5.92. The zero-order valence-corrected chi connectivity index (χ0v) is 13.1. The third-order valence-electron chi connectivity index (χ3n) is 3.28. The predicted molar refractivity (Wildman–Crippen MR) is 88.8 cm³/mol. The van der Waals surface area contributed by atoms with Crippen molar-refractivity contribution in [3.05, 3.63) is 0 Å². The predicted octanol–water partition coefficient (Wildman–Crippen LogP) is 2.89. The Morgan fingerprint density at radius 3 is 1.60 bits per heavy atom. The molecule has 0 amide bonds. The van der Waals surface area contributed by atoms with E-state index in [-0.39, 0.29) is 11.9 Å². The molecule has 118 valence electrons. The van der Waals surface area contributed by atoms with Gasteiger partial charge < -0.3 is 17.2 Å². The summed E-state index contributed by atoms with van der Waals surface area (Å²) in [5, 5.41) is 0. The van der Waals surface area contributed by atoms with Crippen LogP contribution in [0.2, 0.25) is 0 Å². The smallest absolute Gasteiger partial charge is 0.218 e. The van der Waals surface area contributed by atoms with Gasteiger partial charge in [-0.25, -0.2) is 0 Å². The molecule has 6 N–H and O–H groups in total. The van der Waals surface area contributed by atoms with Crippen LogP contribution in [0.4, 0.5) is 0 Å². The fourth-order valence-corrected chi connectivity index (χ4v) is 2.14. The molecule has 0 heterocycles. The van der Waals surface area contributed by atoms with Gasteiger partial charge in [0.05, 0.1) is 0 Å². The van der Waals surface area contributed by atoms with Gasteiger partial charge in [-0.05, 0) is 6.42 Å². The van der Waals surface area contributed by atoms with Crippen LogP contribution in [0.15, 0.2) is 9.98 Å². The maximum absolute atomic E-state index is 5.51. The van der Waals surface area contributed by atoms with E-state index in [4.69, 9.17) is 17.2 Å². The summed E-state index contributed by atoms with van der Waals surface area (Å²) in [5.41, 5.74) is 15.9. The molecule has 0 aromatic rings. The number of hydrogen-bond acceptors (Lipinski definition) is 1. The van der Waals surface area contributed by atoms with Gasteiger partial charge in [-0.3, -0.25) is 4.99 Å². The molecule has 0 radical (unpaired) electrons. The van der Waals surface area contributed by atoms with E-state index in [0.717, 1.165) is 6.42 Å². The first-order valence-corrected chi connectivity index (χ1v) is 8.06. The van der Waals surface area contributed by atoms with E-state index in [1.807, 2.05) is 0 Å². The van der Waals surface area contributed by atoms with E-state index in [0.29, 0.717) is 6.54 Å². The SMILES string of the molecule is CCCCCCCCCCCCCN=C(N)N=C(N)N. The van der Waals surface area contributed by atoms with Gasteiger partial charge in [0.15, 0.2) is 5.96 Å². The average molecular weight is 283 g/mol. The van der Waals surface area contributed by atoms with Crippen molar-refractivity contribution >= 4 is 11.9 Å². The molecule has 5 heteroatoms. The molecule has 0 spiro atoms. The van der Waals surface area contributed by atoms with Crippen molar-refractivity contribution in [1.82, 2.24) is 0 Å². The van der Waals surface area contributed by atoms with E-state index in [2.05, 4.69) is 16.9 Å². The fraction of sp³-hybridized carbons (Fsp3) is 0.867. The molecule has 0 saturated heterocycles. The van der Waals surface area contributed by atoms with Gasteiger partial charge in [0.25, 0.3) is 0 Å². The standard InChI is InChI=1S/C15H33N5/c1-2-3-4-5-6-7-8-9-10-11-12-13-19-15(18)20-14(16)17/h2-13H2,1H3,(H6,16,17,18,19,20). The summed E-state index contributed by atoms with van der Waals surface area (Å²) in [7, 11) is 0. The molecule has 0 aliphatic rings. The second-order valence-corrected chi connectivity index (χ2v) is 5.31. The van der Waals surface area contributed by atoms with Crippen molar-refractivity contribution < 1.29 is 0 Å². The highest BCUT2D eigenvalue weighted by atomic mass is 15.1. The van der Waals surface area contributed by atoms with Crippen LogP contribution in [0, 0.1) is 0 Å². The molecule has 0 aliphatic carbocycles. The Kier molecular flexibility index (Phi) is 13.3. The maximum Gasteiger partial charge on any atom is 0.218 e. The summed E-state index contributed by atoms with van der Waals surface area (Å²) in [4.78, 5) is 7.75. The fourth-order valence-electron chi connectivity index (χ4n) is 2.14. The van der Waals surface area contributed by atoms with Crippen LogP contribution >= 0.6 is 0 Å². The second kappa shape index (κ2) is 14.2. The Hall–Kier alpha value is -1.26. The first-order valence-electron chi connectivity index (χ1n) is 8.06. The van der Waals surface area contributed by atoms with Crippen LogP contribution < -0.4 is 17.2 Å². The van der Waals surface area contributed by atoms with Crippen LogP contribution in [0.5, 0.6) is 0 Å². The van der Waals surface area contributed by atoms with Crippen molar-refractivity contribution in [2.45, 2.75) is 77.6 Å². The number of nitrogens with zero attached hydrogens (tertiary/aromatic N) is 2. The molecule has 0 rings (SSSR count). The van der Waals surface area contributed by atoms with Crippen LogP contribution in [0.3, 0.4) is 0 Å². The Morgan fingerprint density at radius 2 is 1.15 bits per heavy atom. The normalized spacial score (nSPS) is 11.6. The minimum Gasteiger partial charge on any atom is -0.370 e. The Balaban J connectivity index is 3.23. The third-order valence-corrected chi connectivity index (χ3v) is 3.28. The summed E-state index contributed by atoms with van der Waals surface area (Å²) in [6, 6.07) is 0. The number of guanidine groups is 2. The number of nitrogens with two attached hydrogens (primary N) is 3. The van der Waals surface area contributed by atoms with E-state index in [1.54, 1.807) is 0 Å². The molecule has 0 aromatic carbocycles. The van der Waals surface area contributed by atoms with Gasteiger partial charge in [-0.1, -0.05) is 71.1 Å². The van der Waals surface area contributed by atoms with E-state index < -0.39 is 0 Å². The molecule has 5 nitrogen and oxygen atoms in total. The van der Waals surface area contributed by atoms with Crippen LogP contribution in [0.25, 0.3) is 0 Å². The van der Waals surface area contributed by atoms with Gasteiger partial charge in [0.1, 0.15) is 0 Å². The summed E-state index contributed by atoms with van der Waals surface area (Å²) in [5.74, 6) is 0.141. The van der Waals surface area contributed by atoms with Gasteiger partial charge in [0, 0.05) is 6.54 Å². The molecule has 0 aromatic heterocycles. The topological polar surface area (TPSA) is 103 Å². The zero-order valence-electron chi connectivity index (χ0n) is 13.1. The largest absolute Gasteiger partial charge is 0.370 e. The molecule has 0 bridgehead atoms. The van der Waals surface area contributed by atoms with Gasteiger partial charge in [0.2, 0.25) is 5.96 Å². The van der Waals surface area contributed by atoms with E-state index >= 15 is 0 Å². The number of aliphatic imine (C=N–C) groups is 2. The molecular weight excluding hydrogens is 250 g/mol. The zero-order chi connectivity index (χ0) is 15.1. The van der Waals surface area contributed by atoms with Gasteiger partial charge >= 0.3 is 0 Å². The number of unbranched alkanes of at least 4 members (excludes halogenated alkanes) is 10. The molecule has 0 atom stereocenters. The molecule has 0 fully saturated rings. The average Bonchev–Trinajstić information content (AvgIpc) is 2.39. The van der Waals surface area contributed by atoms with Crippen LogP contribution in [0.1, 0.15) is 77.6 Å². The molecule has 20 heavy (non-hydrogen) atoms. The Morgan fingerprint density at radius 1 is 0.700 bits per heavy atom. The summed E-state index contributed by atoms with van der Waals surface area (Å²) in [6.07, 6.45) is 14.6. The monoisotopic (exact) mass is 283 g/mol. The van der Waals surface area contributed by atoms with E-state index in [1.165, 1.54) is 64.2 Å². The summed E-state index contributed by atoms with van der Waals surface area (Å²) >= 11 is 0. The Labute approximate surface area is 124 Å². The Bertz CT molecular complexity index is 269. The summed E-state index contributed by atoms with van der Waals surface area (Å²) in [6.45, 7) is 2.97. The minimum atomic E-state index is -0.0369.